The van der Waals surface area contributed by atoms with Crippen molar-refractivity contribution in [3.8, 4) is 5.75 Å². The largest absolute Gasteiger partial charge is 0.429 e. The van der Waals surface area contributed by atoms with Gasteiger partial charge in [-0.1, -0.05) is 0 Å². The predicted molar refractivity (Wildman–Crippen MR) is 36.0 cm³/mol. The standard InChI is InChI=1S/C6H4F2OS/c7-5-2-1-4(9-10)3-6(5)8/h1-3,10H. The topological polar surface area (TPSA) is 9.23 Å². The van der Waals surface area contributed by atoms with Crippen molar-refractivity contribution < 1.29 is 13.0 Å². The SMILES string of the molecule is Fc1ccc(OS)cc1F. The summed E-state index contributed by atoms with van der Waals surface area (Å²) in [7, 11) is 0. The molecule has 0 aromatic heterocycles. The van der Waals surface area contributed by atoms with Crippen molar-refractivity contribution in [1.82, 2.24) is 0 Å². The van der Waals surface area contributed by atoms with Gasteiger partial charge in [-0.15, -0.1) is 0 Å². The quantitative estimate of drug-likeness (QED) is 0.492. The highest BCUT2D eigenvalue weighted by atomic mass is 32.1. The first-order valence-electron chi connectivity index (χ1n) is 2.50. The van der Waals surface area contributed by atoms with E-state index in [4.69, 9.17) is 0 Å². The fourth-order valence-electron chi connectivity index (χ4n) is 0.534. The van der Waals surface area contributed by atoms with E-state index in [-0.39, 0.29) is 5.75 Å². The molecule has 0 N–H and O–H groups in total. The van der Waals surface area contributed by atoms with Crippen LogP contribution in [0.2, 0.25) is 0 Å². The minimum atomic E-state index is -0.938. The van der Waals surface area contributed by atoms with Crippen molar-refractivity contribution in [2.24, 2.45) is 0 Å². The van der Waals surface area contributed by atoms with Crippen molar-refractivity contribution >= 4 is 12.9 Å². The number of hydrogen-bond acceptors (Lipinski definition) is 2. The molecule has 10 heavy (non-hydrogen) atoms. The van der Waals surface area contributed by atoms with E-state index in [1.807, 2.05) is 0 Å². The van der Waals surface area contributed by atoms with Gasteiger partial charge in [0.05, 0.1) is 0 Å². The van der Waals surface area contributed by atoms with E-state index in [2.05, 4.69) is 17.1 Å². The number of benzene rings is 1. The van der Waals surface area contributed by atoms with Gasteiger partial charge in [-0.2, -0.15) is 0 Å². The Bertz CT molecular complexity index is 239. The fraction of sp³-hybridized carbons (Fsp3) is 0. The maximum atomic E-state index is 12.3. The number of rotatable bonds is 1. The Hall–Kier alpha value is -0.770. The van der Waals surface area contributed by atoms with Crippen LogP contribution in [0, 0.1) is 11.6 Å². The molecule has 0 fully saturated rings. The number of halogens is 2. The van der Waals surface area contributed by atoms with Gasteiger partial charge in [-0.05, 0) is 12.1 Å². The molecule has 0 aliphatic heterocycles. The Morgan fingerprint density at radius 3 is 2.40 bits per heavy atom. The van der Waals surface area contributed by atoms with E-state index in [0.717, 1.165) is 12.1 Å². The van der Waals surface area contributed by atoms with Crippen LogP contribution >= 0.6 is 12.9 Å². The molecule has 0 aliphatic rings. The maximum absolute atomic E-state index is 12.3. The van der Waals surface area contributed by atoms with Crippen molar-refractivity contribution in [3.63, 3.8) is 0 Å². The van der Waals surface area contributed by atoms with E-state index < -0.39 is 11.6 Å². The summed E-state index contributed by atoms with van der Waals surface area (Å²) >= 11 is 3.40. The minimum Gasteiger partial charge on any atom is -0.429 e. The molecule has 1 rings (SSSR count). The molecule has 1 aromatic rings. The third kappa shape index (κ3) is 1.39. The van der Waals surface area contributed by atoms with E-state index >= 15 is 0 Å². The van der Waals surface area contributed by atoms with Gasteiger partial charge in [0, 0.05) is 19.0 Å². The Balaban J connectivity index is 3.04. The van der Waals surface area contributed by atoms with Gasteiger partial charge >= 0.3 is 0 Å². The van der Waals surface area contributed by atoms with Gasteiger partial charge in [-0.25, -0.2) is 8.78 Å². The van der Waals surface area contributed by atoms with Crippen LogP contribution in [-0.2, 0) is 0 Å². The van der Waals surface area contributed by atoms with E-state index in [1.165, 1.54) is 6.07 Å². The molecular formula is C6H4F2OS. The van der Waals surface area contributed by atoms with Gasteiger partial charge in [0.1, 0.15) is 5.75 Å². The highest BCUT2D eigenvalue weighted by Crippen LogP contribution is 2.15. The Kier molecular flexibility index (Phi) is 2.11. The Morgan fingerprint density at radius 2 is 1.90 bits per heavy atom. The van der Waals surface area contributed by atoms with Crippen LogP contribution in [0.1, 0.15) is 0 Å². The first-order valence-corrected chi connectivity index (χ1v) is 2.87. The van der Waals surface area contributed by atoms with Crippen molar-refractivity contribution in [3.05, 3.63) is 29.8 Å². The van der Waals surface area contributed by atoms with Crippen molar-refractivity contribution in [2.75, 3.05) is 0 Å². The zero-order valence-corrected chi connectivity index (χ0v) is 5.74. The first kappa shape index (κ1) is 7.34. The monoisotopic (exact) mass is 162 g/mol. The molecule has 0 saturated carbocycles. The molecule has 1 aromatic carbocycles. The third-order valence-corrected chi connectivity index (χ3v) is 1.21. The lowest BCUT2D eigenvalue weighted by molar-refractivity contribution is 0.502. The molecule has 0 bridgehead atoms. The third-order valence-electron chi connectivity index (χ3n) is 0.996. The Labute approximate surface area is 62.2 Å². The molecule has 0 atom stereocenters. The molecule has 54 valence electrons. The fourth-order valence-corrected chi connectivity index (χ4v) is 0.647. The van der Waals surface area contributed by atoms with E-state index in [1.54, 1.807) is 0 Å². The highest BCUT2D eigenvalue weighted by Gasteiger charge is 2.01. The van der Waals surface area contributed by atoms with Crippen molar-refractivity contribution in [1.29, 1.82) is 0 Å². The smallest absolute Gasteiger partial charge is 0.162 e. The summed E-state index contributed by atoms with van der Waals surface area (Å²) in [6.07, 6.45) is 0. The summed E-state index contributed by atoms with van der Waals surface area (Å²) in [4.78, 5) is 0. The maximum Gasteiger partial charge on any atom is 0.162 e. The van der Waals surface area contributed by atoms with Crippen LogP contribution in [0.15, 0.2) is 18.2 Å². The zero-order chi connectivity index (χ0) is 7.56. The molecule has 0 amide bonds. The van der Waals surface area contributed by atoms with Gasteiger partial charge in [0.2, 0.25) is 0 Å². The summed E-state index contributed by atoms with van der Waals surface area (Å²) in [5.74, 6) is -1.65. The lowest BCUT2D eigenvalue weighted by Crippen LogP contribution is -1.83. The van der Waals surface area contributed by atoms with Crippen molar-refractivity contribution in [2.45, 2.75) is 0 Å². The molecule has 1 nitrogen and oxygen atoms in total. The average Bonchev–Trinajstić information content (AvgIpc) is 1.95. The minimum absolute atomic E-state index is 0.183. The molecule has 4 heteroatoms. The van der Waals surface area contributed by atoms with Gasteiger partial charge in [0.25, 0.3) is 0 Å². The van der Waals surface area contributed by atoms with E-state index in [0.29, 0.717) is 0 Å². The van der Waals surface area contributed by atoms with Crippen LogP contribution in [0.4, 0.5) is 8.78 Å². The molecular weight excluding hydrogens is 158 g/mol. The lowest BCUT2D eigenvalue weighted by atomic mass is 10.3. The second-order valence-corrected chi connectivity index (χ2v) is 1.85. The normalized spacial score (nSPS) is 9.50. The zero-order valence-electron chi connectivity index (χ0n) is 4.84. The average molecular weight is 162 g/mol. The lowest BCUT2D eigenvalue weighted by Gasteiger charge is -1.96. The first-order chi connectivity index (χ1) is 4.74. The van der Waals surface area contributed by atoms with Crippen LogP contribution in [0.5, 0.6) is 5.75 Å². The molecule has 0 unspecified atom stereocenters. The second kappa shape index (κ2) is 2.88. The predicted octanol–water partition coefficient (Wildman–Crippen LogP) is 2.19. The number of hydrogen-bond donors (Lipinski definition) is 1. The second-order valence-electron chi connectivity index (χ2n) is 1.67. The summed E-state index contributed by atoms with van der Waals surface area (Å²) in [6, 6.07) is 3.18. The van der Waals surface area contributed by atoms with Gasteiger partial charge in [-0.3, -0.25) is 0 Å². The molecule has 0 radical (unpaired) electrons. The van der Waals surface area contributed by atoms with Gasteiger partial charge in [0.15, 0.2) is 11.6 Å². The van der Waals surface area contributed by atoms with Crippen LogP contribution in [-0.4, -0.2) is 0 Å². The Morgan fingerprint density at radius 1 is 1.20 bits per heavy atom. The highest BCUT2D eigenvalue weighted by molar-refractivity contribution is 7.75. The number of thiol groups is 1. The van der Waals surface area contributed by atoms with Gasteiger partial charge < -0.3 is 4.18 Å². The molecule has 0 saturated heterocycles. The summed E-state index contributed by atoms with van der Waals surface area (Å²) < 4.78 is 28.8. The van der Waals surface area contributed by atoms with Crippen LogP contribution < -0.4 is 4.18 Å². The molecule has 0 aliphatic carbocycles. The van der Waals surface area contributed by atoms with Crippen LogP contribution in [0.3, 0.4) is 0 Å². The summed E-state index contributed by atoms with van der Waals surface area (Å²) in [6.45, 7) is 0. The summed E-state index contributed by atoms with van der Waals surface area (Å²) in [5, 5.41) is 0. The van der Waals surface area contributed by atoms with Crippen LogP contribution in [0.25, 0.3) is 0 Å². The molecule has 0 spiro atoms. The molecule has 0 heterocycles. The van der Waals surface area contributed by atoms with E-state index in [9.17, 15) is 8.78 Å². The summed E-state index contributed by atoms with van der Waals surface area (Å²) in [5.41, 5.74) is 0.